The van der Waals surface area contributed by atoms with Crippen LogP contribution in [0.4, 0.5) is 10.2 Å². The number of hydrogen-bond donors (Lipinski definition) is 1. The van der Waals surface area contributed by atoms with Crippen molar-refractivity contribution in [3.63, 3.8) is 0 Å². The molecule has 2 aromatic rings. The molecule has 1 N–H and O–H groups in total. The van der Waals surface area contributed by atoms with Gasteiger partial charge in [0.05, 0.1) is 0 Å². The molecule has 1 aromatic carbocycles. The largest absolute Gasteiger partial charge is 0.309 e. The monoisotopic (exact) mass is 291 g/mol. The fraction of sp³-hybridized carbons (Fsp3) is 0.214. The van der Waals surface area contributed by atoms with Crippen LogP contribution in [-0.4, -0.2) is 16.1 Å². The van der Waals surface area contributed by atoms with Crippen molar-refractivity contribution >= 4 is 23.5 Å². The van der Waals surface area contributed by atoms with E-state index in [9.17, 15) is 9.18 Å². The molecule has 104 valence electrons. The van der Waals surface area contributed by atoms with E-state index >= 15 is 0 Å². The number of anilines is 1. The fourth-order valence-corrected chi connectivity index (χ4v) is 2.20. The predicted molar refractivity (Wildman–Crippen MR) is 76.9 cm³/mol. The number of hydrogen-bond acceptors (Lipinski definition) is 4. The Bertz CT molecular complexity index is 572. The van der Waals surface area contributed by atoms with Crippen molar-refractivity contribution < 1.29 is 9.18 Å². The van der Waals surface area contributed by atoms with Crippen molar-refractivity contribution in [2.45, 2.75) is 24.1 Å². The highest BCUT2D eigenvalue weighted by Gasteiger charge is 2.03. The lowest BCUT2D eigenvalue weighted by Crippen LogP contribution is -2.11. The number of carbonyl (C=O) groups is 1. The van der Waals surface area contributed by atoms with Crippen LogP contribution in [0.2, 0.25) is 0 Å². The Morgan fingerprint density at radius 3 is 2.55 bits per heavy atom. The molecule has 1 amide bonds. The number of thioether (sulfide) groups is 1. The summed E-state index contributed by atoms with van der Waals surface area (Å²) >= 11 is 1.50. The molecule has 0 unspecified atom stereocenters. The Labute approximate surface area is 120 Å². The molecule has 0 fully saturated rings. The van der Waals surface area contributed by atoms with Gasteiger partial charge in [-0.15, -0.1) is 10.2 Å². The summed E-state index contributed by atoms with van der Waals surface area (Å²) in [7, 11) is 0. The van der Waals surface area contributed by atoms with E-state index < -0.39 is 0 Å². The molecule has 0 bridgehead atoms. The molecule has 0 aliphatic heterocycles. The summed E-state index contributed by atoms with van der Waals surface area (Å²) in [4.78, 5) is 11.2. The highest BCUT2D eigenvalue weighted by Crippen LogP contribution is 2.21. The maximum Gasteiger partial charge on any atom is 0.225 e. The van der Waals surface area contributed by atoms with Gasteiger partial charge in [-0.05, 0) is 29.8 Å². The molecule has 0 aliphatic carbocycles. The molecule has 20 heavy (non-hydrogen) atoms. The van der Waals surface area contributed by atoms with E-state index in [1.54, 1.807) is 31.2 Å². The molecular weight excluding hydrogens is 277 g/mol. The zero-order valence-corrected chi connectivity index (χ0v) is 11.8. The number of benzene rings is 1. The molecule has 0 aliphatic rings. The van der Waals surface area contributed by atoms with Gasteiger partial charge >= 0.3 is 0 Å². The van der Waals surface area contributed by atoms with E-state index in [4.69, 9.17) is 0 Å². The third-order valence-electron chi connectivity index (χ3n) is 2.53. The summed E-state index contributed by atoms with van der Waals surface area (Å²) < 4.78 is 12.8. The van der Waals surface area contributed by atoms with Gasteiger partial charge in [0.15, 0.2) is 5.82 Å². The van der Waals surface area contributed by atoms with Crippen molar-refractivity contribution in [3.8, 4) is 0 Å². The molecule has 0 atom stereocenters. The standard InChI is InChI=1S/C14H14FN3OS/c1-2-13(19)16-12-7-8-14(18-17-12)20-9-10-3-5-11(15)6-4-10/h3-8H,2,9H2,1H3,(H,16,17,19). The molecule has 1 aromatic heterocycles. The lowest BCUT2D eigenvalue weighted by Gasteiger charge is -2.03. The second-order valence-corrected chi connectivity index (χ2v) is 5.07. The van der Waals surface area contributed by atoms with E-state index in [1.807, 2.05) is 0 Å². The highest BCUT2D eigenvalue weighted by molar-refractivity contribution is 7.98. The molecule has 0 saturated carbocycles. The van der Waals surface area contributed by atoms with Crippen LogP contribution in [0, 0.1) is 5.82 Å². The number of nitrogens with zero attached hydrogens (tertiary/aromatic N) is 2. The molecule has 6 heteroatoms. The normalized spacial score (nSPS) is 10.3. The third-order valence-corrected chi connectivity index (χ3v) is 3.52. The number of aromatic nitrogens is 2. The van der Waals surface area contributed by atoms with Crippen LogP contribution < -0.4 is 5.32 Å². The van der Waals surface area contributed by atoms with Crippen LogP contribution >= 0.6 is 11.8 Å². The van der Waals surface area contributed by atoms with Crippen molar-refractivity contribution in [2.24, 2.45) is 0 Å². The van der Waals surface area contributed by atoms with Gasteiger partial charge in [0.2, 0.25) is 5.91 Å². The molecule has 1 heterocycles. The maximum atomic E-state index is 12.8. The van der Waals surface area contributed by atoms with Crippen LogP contribution in [0.3, 0.4) is 0 Å². The minimum absolute atomic E-state index is 0.0917. The first kappa shape index (κ1) is 14.5. The third kappa shape index (κ3) is 4.31. The Hall–Kier alpha value is -1.95. The van der Waals surface area contributed by atoms with Crippen molar-refractivity contribution in [3.05, 3.63) is 47.8 Å². The lowest BCUT2D eigenvalue weighted by molar-refractivity contribution is -0.115. The summed E-state index contributed by atoms with van der Waals surface area (Å²) in [6.07, 6.45) is 0.406. The van der Waals surface area contributed by atoms with Crippen LogP contribution in [0.1, 0.15) is 18.9 Å². The van der Waals surface area contributed by atoms with Crippen LogP contribution in [0.5, 0.6) is 0 Å². The smallest absolute Gasteiger partial charge is 0.225 e. The minimum Gasteiger partial charge on any atom is -0.309 e. The first-order valence-corrected chi connectivity index (χ1v) is 7.16. The minimum atomic E-state index is -0.241. The van der Waals surface area contributed by atoms with Gasteiger partial charge < -0.3 is 5.32 Å². The second kappa shape index (κ2) is 7.00. The van der Waals surface area contributed by atoms with Crippen molar-refractivity contribution in [1.29, 1.82) is 0 Å². The van der Waals surface area contributed by atoms with Gasteiger partial charge in [-0.25, -0.2) is 4.39 Å². The van der Waals surface area contributed by atoms with Crippen molar-refractivity contribution in [2.75, 3.05) is 5.32 Å². The molecule has 0 saturated heterocycles. The molecule has 0 spiro atoms. The SMILES string of the molecule is CCC(=O)Nc1ccc(SCc2ccc(F)cc2)nn1. The van der Waals surface area contributed by atoms with Crippen LogP contribution in [0.25, 0.3) is 0 Å². The zero-order valence-electron chi connectivity index (χ0n) is 11.0. The summed E-state index contributed by atoms with van der Waals surface area (Å²) in [5.74, 6) is 0.805. The first-order valence-electron chi connectivity index (χ1n) is 6.18. The molecule has 4 nitrogen and oxygen atoms in total. The van der Waals surface area contributed by atoms with E-state index in [1.165, 1.54) is 23.9 Å². The summed E-state index contributed by atoms with van der Waals surface area (Å²) in [5, 5.41) is 11.3. The topological polar surface area (TPSA) is 54.9 Å². The number of carbonyl (C=O) groups excluding carboxylic acids is 1. The maximum absolute atomic E-state index is 12.8. The first-order chi connectivity index (χ1) is 9.67. The van der Waals surface area contributed by atoms with Gasteiger partial charge in [0.1, 0.15) is 10.8 Å². The second-order valence-electron chi connectivity index (χ2n) is 4.07. The highest BCUT2D eigenvalue weighted by atomic mass is 32.2. The quantitative estimate of drug-likeness (QED) is 0.859. The summed E-state index contributed by atoms with van der Waals surface area (Å²) in [5.41, 5.74) is 1.02. The van der Waals surface area contributed by atoms with E-state index in [-0.39, 0.29) is 11.7 Å². The number of amides is 1. The van der Waals surface area contributed by atoms with E-state index in [2.05, 4.69) is 15.5 Å². The Morgan fingerprint density at radius 2 is 1.95 bits per heavy atom. The predicted octanol–water partition coefficient (Wildman–Crippen LogP) is 3.26. The van der Waals surface area contributed by atoms with Crippen molar-refractivity contribution in [1.82, 2.24) is 10.2 Å². The molecular formula is C14H14FN3OS. The Morgan fingerprint density at radius 1 is 1.20 bits per heavy atom. The van der Waals surface area contributed by atoms with Gasteiger partial charge in [0.25, 0.3) is 0 Å². The lowest BCUT2D eigenvalue weighted by atomic mass is 10.2. The van der Waals surface area contributed by atoms with Gasteiger partial charge in [0, 0.05) is 12.2 Å². The van der Waals surface area contributed by atoms with E-state index in [0.717, 1.165) is 10.6 Å². The van der Waals surface area contributed by atoms with E-state index in [0.29, 0.717) is 18.0 Å². The van der Waals surface area contributed by atoms with Crippen LogP contribution in [-0.2, 0) is 10.5 Å². The number of halogens is 1. The summed E-state index contributed by atoms with van der Waals surface area (Å²) in [6, 6.07) is 9.87. The summed E-state index contributed by atoms with van der Waals surface area (Å²) in [6.45, 7) is 1.77. The number of rotatable bonds is 5. The van der Waals surface area contributed by atoms with Gasteiger partial charge in [-0.3, -0.25) is 4.79 Å². The van der Waals surface area contributed by atoms with Gasteiger partial charge in [-0.2, -0.15) is 0 Å². The van der Waals surface area contributed by atoms with Gasteiger partial charge in [-0.1, -0.05) is 30.8 Å². The van der Waals surface area contributed by atoms with Crippen LogP contribution in [0.15, 0.2) is 41.4 Å². The fourth-order valence-electron chi connectivity index (χ4n) is 1.43. The zero-order chi connectivity index (χ0) is 14.4. The number of nitrogens with one attached hydrogen (secondary N) is 1. The molecule has 0 radical (unpaired) electrons. The average molecular weight is 291 g/mol. The molecule has 2 rings (SSSR count). The Kier molecular flexibility index (Phi) is 5.06. The average Bonchev–Trinajstić information content (AvgIpc) is 2.48. The Balaban J connectivity index is 1.90.